The van der Waals surface area contributed by atoms with Crippen molar-refractivity contribution in [2.75, 3.05) is 10.5 Å². The molecule has 0 aliphatic heterocycles. The molecule has 20 heavy (non-hydrogen) atoms. The first kappa shape index (κ1) is 15.7. The lowest BCUT2D eigenvalue weighted by Gasteiger charge is -2.21. The number of phenols is 1. The van der Waals surface area contributed by atoms with Crippen LogP contribution in [-0.2, 0) is 10.0 Å². The fourth-order valence-electron chi connectivity index (χ4n) is 2.51. The van der Waals surface area contributed by atoms with E-state index in [0.717, 1.165) is 25.7 Å². The average Bonchev–Trinajstić information content (AvgIpc) is 2.36. The Morgan fingerprint density at radius 1 is 1.15 bits per heavy atom. The molecule has 1 fully saturated rings. The van der Waals surface area contributed by atoms with Crippen molar-refractivity contribution in [2.45, 2.75) is 32.1 Å². The van der Waals surface area contributed by atoms with Crippen molar-refractivity contribution in [3.05, 3.63) is 22.2 Å². The van der Waals surface area contributed by atoms with Crippen molar-refractivity contribution in [1.29, 1.82) is 0 Å². The number of benzene rings is 1. The SMILES string of the molecule is O=S(=O)(CC1CCCCC1)Nc1cc(Cl)c(O)c(Cl)c1. The number of halogens is 2. The molecule has 1 aromatic rings. The summed E-state index contributed by atoms with van der Waals surface area (Å²) in [5.74, 6) is 0.0798. The van der Waals surface area contributed by atoms with E-state index in [1.165, 1.54) is 18.6 Å². The maximum Gasteiger partial charge on any atom is 0.232 e. The zero-order chi connectivity index (χ0) is 14.8. The molecule has 112 valence electrons. The Kier molecular flexibility index (Phi) is 5.04. The predicted octanol–water partition coefficient (Wildman–Crippen LogP) is 4.02. The van der Waals surface area contributed by atoms with Crippen LogP contribution in [-0.4, -0.2) is 19.3 Å². The van der Waals surface area contributed by atoms with Gasteiger partial charge in [0.1, 0.15) is 0 Å². The molecule has 0 bridgehead atoms. The highest BCUT2D eigenvalue weighted by molar-refractivity contribution is 7.92. The number of phenolic OH excluding ortho intramolecular Hbond substituents is 1. The number of rotatable bonds is 4. The molecule has 0 amide bonds. The van der Waals surface area contributed by atoms with E-state index >= 15 is 0 Å². The normalized spacial score (nSPS) is 17.1. The summed E-state index contributed by atoms with van der Waals surface area (Å²) < 4.78 is 26.7. The third-order valence-electron chi connectivity index (χ3n) is 3.47. The van der Waals surface area contributed by atoms with Crippen LogP contribution in [0.4, 0.5) is 5.69 Å². The standard InChI is InChI=1S/C13H17Cl2NO3S/c14-11-6-10(7-12(15)13(11)17)16-20(18,19)8-9-4-2-1-3-5-9/h6-7,9,16-17H,1-5,8H2. The molecule has 2 rings (SSSR count). The van der Waals surface area contributed by atoms with Crippen molar-refractivity contribution < 1.29 is 13.5 Å². The van der Waals surface area contributed by atoms with Gasteiger partial charge in [0.05, 0.1) is 21.5 Å². The molecule has 0 atom stereocenters. The van der Waals surface area contributed by atoms with Crippen molar-refractivity contribution >= 4 is 38.9 Å². The molecule has 4 nitrogen and oxygen atoms in total. The minimum absolute atomic E-state index is 0.0212. The van der Waals surface area contributed by atoms with Crippen LogP contribution in [0, 0.1) is 5.92 Å². The van der Waals surface area contributed by atoms with E-state index in [4.69, 9.17) is 23.2 Å². The van der Waals surface area contributed by atoms with Crippen molar-refractivity contribution in [1.82, 2.24) is 0 Å². The first-order chi connectivity index (χ1) is 9.37. The average molecular weight is 338 g/mol. The highest BCUT2D eigenvalue weighted by Gasteiger charge is 2.21. The van der Waals surface area contributed by atoms with Crippen molar-refractivity contribution in [3.8, 4) is 5.75 Å². The number of anilines is 1. The molecule has 0 aromatic heterocycles. The van der Waals surface area contributed by atoms with Gasteiger partial charge in [0.25, 0.3) is 0 Å². The minimum Gasteiger partial charge on any atom is -0.505 e. The van der Waals surface area contributed by atoms with Crippen LogP contribution in [0.5, 0.6) is 5.75 Å². The lowest BCUT2D eigenvalue weighted by molar-refractivity contribution is 0.385. The Balaban J connectivity index is 2.07. The lowest BCUT2D eigenvalue weighted by Crippen LogP contribution is -2.24. The van der Waals surface area contributed by atoms with Crippen LogP contribution in [0.1, 0.15) is 32.1 Å². The highest BCUT2D eigenvalue weighted by Crippen LogP contribution is 2.35. The van der Waals surface area contributed by atoms with Gasteiger partial charge in [-0.15, -0.1) is 0 Å². The zero-order valence-electron chi connectivity index (χ0n) is 10.9. The molecule has 1 aliphatic carbocycles. The van der Waals surface area contributed by atoms with E-state index < -0.39 is 10.0 Å². The van der Waals surface area contributed by atoms with Crippen LogP contribution in [0.3, 0.4) is 0 Å². The Hall–Kier alpha value is -0.650. The van der Waals surface area contributed by atoms with E-state index in [2.05, 4.69) is 4.72 Å². The second-order valence-corrected chi connectivity index (χ2v) is 7.76. The largest absolute Gasteiger partial charge is 0.505 e. The van der Waals surface area contributed by atoms with Gasteiger partial charge in [-0.3, -0.25) is 4.72 Å². The molecular formula is C13H17Cl2NO3S. The van der Waals surface area contributed by atoms with E-state index in [0.29, 0.717) is 0 Å². The molecule has 1 saturated carbocycles. The van der Waals surface area contributed by atoms with Crippen molar-refractivity contribution in [2.24, 2.45) is 5.92 Å². The third kappa shape index (κ3) is 4.17. The number of aromatic hydroxyl groups is 1. The lowest BCUT2D eigenvalue weighted by atomic mass is 9.91. The molecule has 2 N–H and O–H groups in total. The van der Waals surface area contributed by atoms with Crippen LogP contribution < -0.4 is 4.72 Å². The molecule has 0 heterocycles. The summed E-state index contributed by atoms with van der Waals surface area (Å²) in [6, 6.07) is 2.70. The number of sulfonamides is 1. The van der Waals surface area contributed by atoms with E-state index in [1.807, 2.05) is 0 Å². The first-order valence-electron chi connectivity index (χ1n) is 6.56. The van der Waals surface area contributed by atoms with Gasteiger partial charge in [-0.25, -0.2) is 8.42 Å². The van der Waals surface area contributed by atoms with E-state index in [9.17, 15) is 13.5 Å². The molecular weight excluding hydrogens is 321 g/mol. The van der Waals surface area contributed by atoms with Gasteiger partial charge in [0.2, 0.25) is 10.0 Å². The van der Waals surface area contributed by atoms with E-state index in [1.54, 1.807) is 0 Å². The maximum absolute atomic E-state index is 12.1. The van der Waals surface area contributed by atoms with Gasteiger partial charge >= 0.3 is 0 Å². The van der Waals surface area contributed by atoms with Gasteiger partial charge in [-0.1, -0.05) is 42.5 Å². The smallest absolute Gasteiger partial charge is 0.232 e. The van der Waals surface area contributed by atoms with Gasteiger partial charge in [0.15, 0.2) is 5.75 Å². The van der Waals surface area contributed by atoms with Gasteiger partial charge in [-0.2, -0.15) is 0 Å². The zero-order valence-corrected chi connectivity index (χ0v) is 13.2. The fraction of sp³-hybridized carbons (Fsp3) is 0.538. The van der Waals surface area contributed by atoms with Crippen LogP contribution in [0.25, 0.3) is 0 Å². The number of hydrogen-bond donors (Lipinski definition) is 2. The monoisotopic (exact) mass is 337 g/mol. The number of hydrogen-bond acceptors (Lipinski definition) is 3. The summed E-state index contributed by atoms with van der Waals surface area (Å²) in [6.45, 7) is 0. The molecule has 1 aromatic carbocycles. The molecule has 0 radical (unpaired) electrons. The van der Waals surface area contributed by atoms with Crippen LogP contribution in [0.15, 0.2) is 12.1 Å². The summed E-state index contributed by atoms with van der Waals surface area (Å²) in [5, 5.41) is 9.49. The van der Waals surface area contributed by atoms with Crippen LogP contribution >= 0.6 is 23.2 Å². The van der Waals surface area contributed by atoms with E-state index in [-0.39, 0.29) is 33.2 Å². The van der Waals surface area contributed by atoms with Gasteiger partial charge < -0.3 is 5.11 Å². The predicted molar refractivity (Wildman–Crippen MR) is 82.1 cm³/mol. The van der Waals surface area contributed by atoms with Gasteiger partial charge in [0, 0.05) is 0 Å². The summed E-state index contributed by atoms with van der Waals surface area (Å²) in [6.07, 6.45) is 5.29. The molecule has 0 spiro atoms. The second-order valence-electron chi connectivity index (χ2n) is 5.18. The van der Waals surface area contributed by atoms with Gasteiger partial charge in [-0.05, 0) is 30.9 Å². The Morgan fingerprint density at radius 3 is 2.25 bits per heavy atom. The maximum atomic E-state index is 12.1. The second kappa shape index (κ2) is 6.41. The summed E-state index contributed by atoms with van der Waals surface area (Å²) >= 11 is 11.5. The summed E-state index contributed by atoms with van der Waals surface area (Å²) in [7, 11) is -3.43. The Morgan fingerprint density at radius 2 is 1.70 bits per heavy atom. The minimum atomic E-state index is -3.43. The topological polar surface area (TPSA) is 66.4 Å². The fourth-order valence-corrected chi connectivity index (χ4v) is 4.51. The third-order valence-corrected chi connectivity index (χ3v) is 5.50. The first-order valence-corrected chi connectivity index (χ1v) is 8.97. The Bertz CT molecular complexity index is 560. The molecule has 0 saturated heterocycles. The quantitative estimate of drug-likeness (QED) is 0.815. The molecule has 1 aliphatic rings. The summed E-state index contributed by atoms with van der Waals surface area (Å²) in [4.78, 5) is 0. The molecule has 7 heteroatoms. The number of nitrogens with one attached hydrogen (secondary N) is 1. The summed E-state index contributed by atoms with van der Waals surface area (Å²) in [5.41, 5.74) is 0.272. The molecule has 0 unspecified atom stereocenters. The Labute approximate surface area is 129 Å². The highest BCUT2D eigenvalue weighted by atomic mass is 35.5. The van der Waals surface area contributed by atoms with Crippen molar-refractivity contribution in [3.63, 3.8) is 0 Å². The van der Waals surface area contributed by atoms with Crippen LogP contribution in [0.2, 0.25) is 10.0 Å².